The van der Waals surface area contributed by atoms with Crippen LogP contribution in [0.3, 0.4) is 0 Å². The number of carbonyl (C=O) groups is 1. The molecule has 23 heavy (non-hydrogen) atoms. The van der Waals surface area contributed by atoms with E-state index in [1.807, 2.05) is 55.5 Å². The fourth-order valence-corrected chi connectivity index (χ4v) is 2.95. The maximum Gasteiger partial charge on any atom is 0.233 e. The Kier molecular flexibility index (Phi) is 6.81. The van der Waals surface area contributed by atoms with Gasteiger partial charge in [0.25, 0.3) is 0 Å². The predicted octanol–water partition coefficient (Wildman–Crippen LogP) is 4.29. The minimum absolute atomic E-state index is 0.0415. The van der Waals surface area contributed by atoms with Crippen LogP contribution < -0.4 is 10.1 Å². The summed E-state index contributed by atoms with van der Waals surface area (Å²) in [5, 5.41) is 3.58. The van der Waals surface area contributed by atoms with E-state index in [4.69, 9.17) is 16.3 Å². The highest BCUT2D eigenvalue weighted by atomic mass is 35.5. The SMILES string of the molecule is COc1ccc(CNC(=O)[C@H](C)SCc2ccc(Cl)cc2)cc1. The standard InChI is InChI=1S/C18H20ClNO2S/c1-13(23-12-15-3-7-16(19)8-4-15)18(21)20-11-14-5-9-17(22-2)10-6-14/h3-10,13H,11-12H2,1-2H3,(H,20,21)/t13-/m0/s1. The van der Waals surface area contributed by atoms with E-state index in [0.29, 0.717) is 6.54 Å². The van der Waals surface area contributed by atoms with Crippen molar-refractivity contribution in [2.75, 3.05) is 7.11 Å². The molecule has 0 aromatic heterocycles. The van der Waals surface area contributed by atoms with Gasteiger partial charge in [0.1, 0.15) is 5.75 Å². The van der Waals surface area contributed by atoms with Crippen molar-refractivity contribution in [3.8, 4) is 5.75 Å². The molecule has 0 saturated carbocycles. The van der Waals surface area contributed by atoms with Gasteiger partial charge in [-0.25, -0.2) is 0 Å². The fourth-order valence-electron chi connectivity index (χ4n) is 1.95. The maximum atomic E-state index is 12.1. The molecule has 0 spiro atoms. The summed E-state index contributed by atoms with van der Waals surface area (Å²) < 4.78 is 5.12. The molecule has 0 aliphatic rings. The number of hydrogen-bond acceptors (Lipinski definition) is 3. The first-order valence-electron chi connectivity index (χ1n) is 7.35. The van der Waals surface area contributed by atoms with Crippen molar-refractivity contribution in [3.05, 3.63) is 64.7 Å². The molecular weight excluding hydrogens is 330 g/mol. The van der Waals surface area contributed by atoms with Crippen molar-refractivity contribution >= 4 is 29.3 Å². The van der Waals surface area contributed by atoms with E-state index in [2.05, 4.69) is 5.32 Å². The molecule has 0 bridgehead atoms. The van der Waals surface area contributed by atoms with Gasteiger partial charge in [-0.3, -0.25) is 4.79 Å². The first-order valence-corrected chi connectivity index (χ1v) is 8.78. The van der Waals surface area contributed by atoms with Crippen molar-refractivity contribution in [2.45, 2.75) is 24.5 Å². The highest BCUT2D eigenvalue weighted by molar-refractivity contribution is 7.99. The van der Waals surface area contributed by atoms with Crippen LogP contribution in [0, 0.1) is 0 Å². The molecule has 1 atom stereocenters. The molecule has 2 aromatic carbocycles. The molecule has 5 heteroatoms. The van der Waals surface area contributed by atoms with E-state index < -0.39 is 0 Å². The van der Waals surface area contributed by atoms with Crippen LogP contribution in [-0.2, 0) is 17.1 Å². The summed E-state index contributed by atoms with van der Waals surface area (Å²) in [7, 11) is 1.64. The van der Waals surface area contributed by atoms with Crippen LogP contribution in [0.15, 0.2) is 48.5 Å². The monoisotopic (exact) mass is 349 g/mol. The van der Waals surface area contributed by atoms with Gasteiger partial charge >= 0.3 is 0 Å². The zero-order valence-corrected chi connectivity index (χ0v) is 14.8. The third-order valence-electron chi connectivity index (χ3n) is 3.41. The van der Waals surface area contributed by atoms with Crippen LogP contribution in [0.2, 0.25) is 5.02 Å². The topological polar surface area (TPSA) is 38.3 Å². The Balaban J connectivity index is 1.76. The third kappa shape index (κ3) is 5.81. The second kappa shape index (κ2) is 8.85. The van der Waals surface area contributed by atoms with Crippen LogP contribution in [-0.4, -0.2) is 18.3 Å². The molecule has 0 saturated heterocycles. The second-order valence-electron chi connectivity index (χ2n) is 5.15. The van der Waals surface area contributed by atoms with Crippen molar-refractivity contribution < 1.29 is 9.53 Å². The lowest BCUT2D eigenvalue weighted by Gasteiger charge is -2.12. The van der Waals surface area contributed by atoms with Gasteiger partial charge in [-0.05, 0) is 42.3 Å². The number of thioether (sulfide) groups is 1. The fraction of sp³-hybridized carbons (Fsp3) is 0.278. The molecule has 1 amide bonds. The van der Waals surface area contributed by atoms with E-state index in [9.17, 15) is 4.79 Å². The highest BCUT2D eigenvalue weighted by Gasteiger charge is 2.13. The number of amides is 1. The molecule has 0 fully saturated rings. The highest BCUT2D eigenvalue weighted by Crippen LogP contribution is 2.19. The van der Waals surface area contributed by atoms with Gasteiger partial charge in [0.15, 0.2) is 0 Å². The van der Waals surface area contributed by atoms with Crippen molar-refractivity contribution in [1.82, 2.24) is 5.32 Å². The first kappa shape index (κ1) is 17.7. The molecule has 0 unspecified atom stereocenters. The zero-order chi connectivity index (χ0) is 16.7. The molecule has 0 aliphatic carbocycles. The quantitative estimate of drug-likeness (QED) is 0.810. The Morgan fingerprint density at radius 3 is 2.35 bits per heavy atom. The largest absolute Gasteiger partial charge is 0.497 e. The summed E-state index contributed by atoms with van der Waals surface area (Å²) in [5.41, 5.74) is 2.21. The summed E-state index contributed by atoms with van der Waals surface area (Å²) in [4.78, 5) is 12.1. The van der Waals surface area contributed by atoms with Crippen LogP contribution >= 0.6 is 23.4 Å². The van der Waals surface area contributed by atoms with Crippen molar-refractivity contribution in [3.63, 3.8) is 0 Å². The molecule has 2 rings (SSSR count). The van der Waals surface area contributed by atoms with E-state index >= 15 is 0 Å². The average Bonchev–Trinajstić information content (AvgIpc) is 2.59. The molecule has 0 aliphatic heterocycles. The maximum absolute atomic E-state index is 12.1. The van der Waals surface area contributed by atoms with Gasteiger partial charge in [0.2, 0.25) is 5.91 Å². The number of carbonyl (C=O) groups excluding carboxylic acids is 1. The lowest BCUT2D eigenvalue weighted by atomic mass is 10.2. The number of hydrogen-bond donors (Lipinski definition) is 1. The molecule has 3 nitrogen and oxygen atoms in total. The lowest BCUT2D eigenvalue weighted by Crippen LogP contribution is -2.30. The molecule has 1 N–H and O–H groups in total. The van der Waals surface area contributed by atoms with Gasteiger partial charge in [0, 0.05) is 17.3 Å². The van der Waals surface area contributed by atoms with E-state index in [0.717, 1.165) is 27.7 Å². The number of nitrogens with one attached hydrogen (secondary N) is 1. The van der Waals surface area contributed by atoms with Gasteiger partial charge in [-0.2, -0.15) is 0 Å². The minimum Gasteiger partial charge on any atom is -0.497 e. The Hall–Kier alpha value is -1.65. The molecule has 0 radical (unpaired) electrons. The van der Waals surface area contributed by atoms with Gasteiger partial charge < -0.3 is 10.1 Å². The Labute approximate surface area is 146 Å². The Morgan fingerprint density at radius 2 is 1.74 bits per heavy atom. The molecule has 122 valence electrons. The van der Waals surface area contributed by atoms with Crippen molar-refractivity contribution in [1.29, 1.82) is 0 Å². The van der Waals surface area contributed by atoms with Crippen molar-refractivity contribution in [2.24, 2.45) is 0 Å². The predicted molar refractivity (Wildman–Crippen MR) is 97.0 cm³/mol. The molecular formula is C18H20ClNO2S. The summed E-state index contributed by atoms with van der Waals surface area (Å²) in [6.45, 7) is 2.44. The number of rotatable bonds is 7. The zero-order valence-electron chi connectivity index (χ0n) is 13.2. The van der Waals surface area contributed by atoms with Gasteiger partial charge in [-0.1, -0.05) is 35.9 Å². The second-order valence-corrected chi connectivity index (χ2v) is 6.91. The number of benzene rings is 2. The minimum atomic E-state index is -0.107. The van der Waals surface area contributed by atoms with E-state index in [1.165, 1.54) is 0 Å². The summed E-state index contributed by atoms with van der Waals surface area (Å²) in [5.74, 6) is 1.64. The number of ether oxygens (including phenoxy) is 1. The average molecular weight is 350 g/mol. The summed E-state index contributed by atoms with van der Waals surface area (Å²) in [6.07, 6.45) is 0. The molecule has 0 heterocycles. The van der Waals surface area contributed by atoms with Crippen LogP contribution in [0.25, 0.3) is 0 Å². The normalized spacial score (nSPS) is 11.8. The van der Waals surface area contributed by atoms with Crippen LogP contribution in [0.5, 0.6) is 5.75 Å². The van der Waals surface area contributed by atoms with Crippen LogP contribution in [0.4, 0.5) is 0 Å². The summed E-state index contributed by atoms with van der Waals surface area (Å²) >= 11 is 7.47. The van der Waals surface area contributed by atoms with E-state index in [1.54, 1.807) is 18.9 Å². The Morgan fingerprint density at radius 1 is 1.13 bits per heavy atom. The van der Waals surface area contributed by atoms with Gasteiger partial charge in [-0.15, -0.1) is 11.8 Å². The number of methoxy groups -OCH3 is 1. The smallest absolute Gasteiger partial charge is 0.233 e. The lowest BCUT2D eigenvalue weighted by molar-refractivity contribution is -0.120. The third-order valence-corrected chi connectivity index (χ3v) is 4.87. The Bertz CT molecular complexity index is 628. The van der Waals surface area contributed by atoms with Crippen LogP contribution in [0.1, 0.15) is 18.1 Å². The number of halogens is 1. The van der Waals surface area contributed by atoms with E-state index in [-0.39, 0.29) is 11.2 Å². The summed E-state index contributed by atoms with van der Waals surface area (Å²) in [6, 6.07) is 15.4. The van der Waals surface area contributed by atoms with Gasteiger partial charge in [0.05, 0.1) is 12.4 Å². The molecule has 2 aromatic rings. The first-order chi connectivity index (χ1) is 11.1.